The normalized spacial score (nSPS) is 11.6. The number of urea groups is 1. The fourth-order valence-electron chi connectivity index (χ4n) is 2.30. The quantitative estimate of drug-likeness (QED) is 0.724. The molecule has 24 heavy (non-hydrogen) atoms. The van der Waals surface area contributed by atoms with Gasteiger partial charge in [0.05, 0.1) is 12.5 Å². The Labute approximate surface area is 147 Å². The predicted octanol–water partition coefficient (Wildman–Crippen LogP) is 3.63. The second-order valence-electron chi connectivity index (χ2n) is 5.33. The second-order valence-corrected chi connectivity index (χ2v) is 6.24. The number of benzene rings is 2. The number of halogens is 2. The predicted molar refractivity (Wildman–Crippen MR) is 94.0 cm³/mol. The maximum atomic E-state index is 13.1. The highest BCUT2D eigenvalue weighted by Crippen LogP contribution is 2.22. The summed E-state index contributed by atoms with van der Waals surface area (Å²) >= 11 is 3.35. The summed E-state index contributed by atoms with van der Waals surface area (Å²) in [5.74, 6) is -0.684. The lowest BCUT2D eigenvalue weighted by Gasteiger charge is -2.18. The van der Waals surface area contributed by atoms with Crippen LogP contribution in [0, 0.1) is 12.7 Å². The smallest absolute Gasteiger partial charge is 0.312 e. The van der Waals surface area contributed by atoms with Gasteiger partial charge in [0.25, 0.3) is 0 Å². The first kappa shape index (κ1) is 17.9. The van der Waals surface area contributed by atoms with Crippen molar-refractivity contribution in [2.75, 3.05) is 5.32 Å². The van der Waals surface area contributed by atoms with Gasteiger partial charge in [0.2, 0.25) is 5.91 Å². The van der Waals surface area contributed by atoms with E-state index in [2.05, 4.69) is 26.6 Å². The molecule has 0 aliphatic heterocycles. The minimum Gasteiger partial charge on any atom is -0.352 e. The molecule has 2 aromatic carbocycles. The summed E-state index contributed by atoms with van der Waals surface area (Å²) in [6.45, 7) is 1.70. The van der Waals surface area contributed by atoms with Crippen molar-refractivity contribution in [1.82, 2.24) is 5.32 Å². The van der Waals surface area contributed by atoms with Crippen molar-refractivity contribution in [3.63, 3.8) is 0 Å². The van der Waals surface area contributed by atoms with E-state index in [0.29, 0.717) is 11.3 Å². The molecule has 0 aliphatic rings. The van der Waals surface area contributed by atoms with Crippen LogP contribution in [-0.2, 0) is 4.79 Å². The van der Waals surface area contributed by atoms with Crippen molar-refractivity contribution in [2.24, 2.45) is 5.73 Å². The summed E-state index contributed by atoms with van der Waals surface area (Å²) in [4.78, 5) is 23.5. The number of nitrogens with two attached hydrogens (primary N) is 1. The van der Waals surface area contributed by atoms with Gasteiger partial charge in [0, 0.05) is 10.2 Å². The molecule has 0 aliphatic carbocycles. The van der Waals surface area contributed by atoms with E-state index in [-0.39, 0.29) is 18.1 Å². The van der Waals surface area contributed by atoms with Gasteiger partial charge in [-0.25, -0.2) is 9.18 Å². The first-order chi connectivity index (χ1) is 11.3. The lowest BCUT2D eigenvalue weighted by atomic mass is 10.0. The Morgan fingerprint density at radius 1 is 1.25 bits per heavy atom. The van der Waals surface area contributed by atoms with Crippen LogP contribution in [0.2, 0.25) is 0 Å². The zero-order valence-corrected chi connectivity index (χ0v) is 14.6. The van der Waals surface area contributed by atoms with Gasteiger partial charge in [0.1, 0.15) is 5.82 Å². The molecule has 0 aromatic heterocycles. The molecule has 2 rings (SSSR count). The first-order valence-electron chi connectivity index (χ1n) is 7.22. The zero-order valence-electron chi connectivity index (χ0n) is 13.0. The molecule has 0 heterocycles. The standard InChI is InChI=1S/C17H17BrFN3O2/c1-10-7-13(19)5-6-14(10)21-16(23)9-15(22-17(20)24)11-3-2-4-12(18)8-11/h2-8,15H,9H2,1H3,(H,21,23)(H3,20,22,24). The van der Waals surface area contributed by atoms with Gasteiger partial charge in [-0.15, -0.1) is 0 Å². The third-order valence-electron chi connectivity index (χ3n) is 3.42. The lowest BCUT2D eigenvalue weighted by Crippen LogP contribution is -2.35. The van der Waals surface area contributed by atoms with Crippen molar-refractivity contribution in [3.8, 4) is 0 Å². The molecule has 1 atom stereocenters. The van der Waals surface area contributed by atoms with Crippen LogP contribution in [0.5, 0.6) is 0 Å². The van der Waals surface area contributed by atoms with Gasteiger partial charge in [-0.2, -0.15) is 0 Å². The Kier molecular flexibility index (Phi) is 5.92. The lowest BCUT2D eigenvalue weighted by molar-refractivity contribution is -0.116. The molecule has 0 bridgehead atoms. The Morgan fingerprint density at radius 2 is 2.00 bits per heavy atom. The number of hydrogen-bond donors (Lipinski definition) is 3. The molecular formula is C17H17BrFN3O2. The summed E-state index contributed by atoms with van der Waals surface area (Å²) in [7, 11) is 0. The maximum absolute atomic E-state index is 13.1. The molecule has 0 spiro atoms. The summed E-state index contributed by atoms with van der Waals surface area (Å²) in [5, 5.41) is 5.28. The van der Waals surface area contributed by atoms with Crippen LogP contribution < -0.4 is 16.4 Å². The second kappa shape index (κ2) is 7.92. The molecule has 126 valence electrons. The Balaban J connectivity index is 2.13. The highest BCUT2D eigenvalue weighted by atomic mass is 79.9. The fourth-order valence-corrected chi connectivity index (χ4v) is 2.72. The van der Waals surface area contributed by atoms with Crippen molar-refractivity contribution in [2.45, 2.75) is 19.4 Å². The number of carbonyl (C=O) groups excluding carboxylic acids is 2. The van der Waals surface area contributed by atoms with Crippen LogP contribution in [0.3, 0.4) is 0 Å². The number of primary amides is 1. The number of carbonyl (C=O) groups is 2. The Morgan fingerprint density at radius 3 is 2.62 bits per heavy atom. The molecule has 3 amide bonds. The highest BCUT2D eigenvalue weighted by molar-refractivity contribution is 9.10. The number of aryl methyl sites for hydroxylation is 1. The molecule has 0 saturated heterocycles. The third kappa shape index (κ3) is 5.06. The topological polar surface area (TPSA) is 84.2 Å². The Bertz CT molecular complexity index is 767. The zero-order chi connectivity index (χ0) is 17.7. The van der Waals surface area contributed by atoms with E-state index in [1.165, 1.54) is 18.2 Å². The van der Waals surface area contributed by atoms with Crippen molar-refractivity contribution in [1.29, 1.82) is 0 Å². The summed E-state index contributed by atoms with van der Waals surface area (Å²) in [5.41, 5.74) is 7.08. The van der Waals surface area contributed by atoms with E-state index in [9.17, 15) is 14.0 Å². The van der Waals surface area contributed by atoms with Gasteiger partial charge in [-0.1, -0.05) is 28.1 Å². The fraction of sp³-hybridized carbons (Fsp3) is 0.176. The van der Waals surface area contributed by atoms with Crippen LogP contribution >= 0.6 is 15.9 Å². The Hall–Kier alpha value is -2.41. The molecule has 1 unspecified atom stereocenters. The third-order valence-corrected chi connectivity index (χ3v) is 3.91. The van der Waals surface area contributed by atoms with E-state index >= 15 is 0 Å². The van der Waals surface area contributed by atoms with E-state index in [4.69, 9.17) is 5.73 Å². The maximum Gasteiger partial charge on any atom is 0.312 e. The van der Waals surface area contributed by atoms with E-state index in [1.54, 1.807) is 25.1 Å². The van der Waals surface area contributed by atoms with E-state index in [1.807, 2.05) is 6.07 Å². The molecule has 2 aromatic rings. The molecule has 0 radical (unpaired) electrons. The molecule has 0 fully saturated rings. The van der Waals surface area contributed by atoms with Crippen molar-refractivity contribution >= 4 is 33.6 Å². The first-order valence-corrected chi connectivity index (χ1v) is 8.02. The minimum atomic E-state index is -0.717. The van der Waals surface area contributed by atoms with Gasteiger partial charge in [-0.3, -0.25) is 4.79 Å². The molecule has 7 heteroatoms. The van der Waals surface area contributed by atoms with Crippen LogP contribution in [0.1, 0.15) is 23.6 Å². The van der Waals surface area contributed by atoms with Gasteiger partial charge in [-0.05, 0) is 48.4 Å². The van der Waals surface area contributed by atoms with Crippen LogP contribution in [-0.4, -0.2) is 11.9 Å². The number of nitrogens with one attached hydrogen (secondary N) is 2. The van der Waals surface area contributed by atoms with Gasteiger partial charge >= 0.3 is 6.03 Å². The van der Waals surface area contributed by atoms with Gasteiger partial charge in [0.15, 0.2) is 0 Å². The summed E-state index contributed by atoms with van der Waals surface area (Å²) in [6.07, 6.45) is -0.00376. The van der Waals surface area contributed by atoms with E-state index in [0.717, 1.165) is 10.0 Å². The molecule has 5 nitrogen and oxygen atoms in total. The van der Waals surface area contributed by atoms with Crippen LogP contribution in [0.25, 0.3) is 0 Å². The largest absolute Gasteiger partial charge is 0.352 e. The summed E-state index contributed by atoms with van der Waals surface area (Å²) < 4.78 is 13.9. The number of anilines is 1. The molecular weight excluding hydrogens is 377 g/mol. The minimum absolute atomic E-state index is 0.00376. The van der Waals surface area contributed by atoms with Crippen molar-refractivity contribution < 1.29 is 14.0 Å². The number of amides is 3. The van der Waals surface area contributed by atoms with Gasteiger partial charge < -0.3 is 16.4 Å². The monoisotopic (exact) mass is 393 g/mol. The SMILES string of the molecule is Cc1cc(F)ccc1NC(=O)CC(NC(N)=O)c1cccc(Br)c1. The molecule has 0 saturated carbocycles. The number of rotatable bonds is 5. The van der Waals surface area contributed by atoms with E-state index < -0.39 is 12.1 Å². The van der Waals surface area contributed by atoms with Crippen LogP contribution in [0.15, 0.2) is 46.9 Å². The average molecular weight is 394 g/mol. The van der Waals surface area contributed by atoms with Crippen LogP contribution in [0.4, 0.5) is 14.9 Å². The average Bonchev–Trinajstić information content (AvgIpc) is 2.49. The molecule has 4 N–H and O–H groups in total. The summed E-state index contributed by atoms with van der Waals surface area (Å²) in [6, 6.07) is 10.1. The number of hydrogen-bond acceptors (Lipinski definition) is 2. The van der Waals surface area contributed by atoms with Crippen molar-refractivity contribution in [3.05, 3.63) is 63.9 Å². The highest BCUT2D eigenvalue weighted by Gasteiger charge is 2.18.